The molecule has 0 aliphatic heterocycles. The van der Waals surface area contributed by atoms with Crippen LogP contribution in [0.3, 0.4) is 0 Å². The topological polar surface area (TPSA) is 98.2 Å². The Morgan fingerprint density at radius 2 is 2.04 bits per heavy atom. The van der Waals surface area contributed by atoms with Gasteiger partial charge in [-0.15, -0.1) is 0 Å². The molecule has 26 heavy (non-hydrogen) atoms. The first-order valence-electron chi connectivity index (χ1n) is 8.52. The van der Waals surface area contributed by atoms with Gasteiger partial charge in [-0.25, -0.2) is 9.78 Å². The van der Waals surface area contributed by atoms with Crippen LogP contribution in [0.5, 0.6) is 0 Å². The van der Waals surface area contributed by atoms with Gasteiger partial charge in [0.15, 0.2) is 0 Å². The van der Waals surface area contributed by atoms with Crippen LogP contribution in [0.25, 0.3) is 22.0 Å². The van der Waals surface area contributed by atoms with Gasteiger partial charge in [-0.1, -0.05) is 6.07 Å². The van der Waals surface area contributed by atoms with Gasteiger partial charge in [0.05, 0.1) is 5.52 Å². The minimum atomic E-state index is -1.19. The second-order valence-corrected chi connectivity index (χ2v) is 6.88. The molecule has 1 aliphatic carbocycles. The molecule has 0 bridgehead atoms. The maximum atomic E-state index is 12.6. The number of aryl methyl sites for hydroxylation is 2. The lowest BCUT2D eigenvalue weighted by atomic mass is 9.97. The molecule has 132 valence electrons. The van der Waals surface area contributed by atoms with Crippen molar-refractivity contribution >= 4 is 22.7 Å². The molecular formula is C20H19N3O3. The Balaban J connectivity index is 2.05. The number of anilines is 1. The minimum Gasteiger partial charge on any atom is -0.477 e. The van der Waals surface area contributed by atoms with Crippen molar-refractivity contribution < 1.29 is 9.90 Å². The van der Waals surface area contributed by atoms with E-state index in [0.29, 0.717) is 11.2 Å². The lowest BCUT2D eigenvalue weighted by molar-refractivity contribution is 0.0695. The quantitative estimate of drug-likeness (QED) is 0.756. The molecule has 3 N–H and O–H groups in total. The van der Waals surface area contributed by atoms with Crippen LogP contribution in [-0.4, -0.2) is 20.6 Å². The number of aromatic nitrogens is 2. The molecule has 2 aromatic heterocycles. The molecule has 6 nitrogen and oxygen atoms in total. The number of hydrogen-bond donors (Lipinski definition) is 2. The van der Waals surface area contributed by atoms with Crippen molar-refractivity contribution in [2.75, 3.05) is 5.73 Å². The van der Waals surface area contributed by atoms with Gasteiger partial charge in [0, 0.05) is 29.4 Å². The summed E-state index contributed by atoms with van der Waals surface area (Å²) in [6, 6.07) is 5.80. The van der Waals surface area contributed by atoms with Crippen molar-refractivity contribution in [1.82, 2.24) is 9.55 Å². The molecular weight excluding hydrogens is 330 g/mol. The fourth-order valence-electron chi connectivity index (χ4n) is 3.46. The van der Waals surface area contributed by atoms with E-state index >= 15 is 0 Å². The van der Waals surface area contributed by atoms with Crippen molar-refractivity contribution in [3.63, 3.8) is 0 Å². The Bertz CT molecular complexity index is 1130. The van der Waals surface area contributed by atoms with Crippen LogP contribution in [0.2, 0.25) is 0 Å². The van der Waals surface area contributed by atoms with Crippen LogP contribution in [0.15, 0.2) is 35.4 Å². The fraction of sp³-hybridized carbons (Fsp3) is 0.250. The summed E-state index contributed by atoms with van der Waals surface area (Å²) >= 11 is 0. The van der Waals surface area contributed by atoms with Crippen molar-refractivity contribution in [3.05, 3.63) is 57.5 Å². The van der Waals surface area contributed by atoms with Gasteiger partial charge in [-0.05, 0) is 55.5 Å². The Labute approximate surface area is 149 Å². The first kappa shape index (κ1) is 16.3. The highest BCUT2D eigenvalue weighted by atomic mass is 16.4. The zero-order valence-corrected chi connectivity index (χ0v) is 14.6. The Morgan fingerprint density at radius 3 is 2.65 bits per heavy atom. The summed E-state index contributed by atoms with van der Waals surface area (Å²) in [4.78, 5) is 28.3. The first-order valence-corrected chi connectivity index (χ1v) is 8.52. The van der Waals surface area contributed by atoms with E-state index < -0.39 is 11.4 Å². The zero-order valence-electron chi connectivity index (χ0n) is 14.6. The van der Waals surface area contributed by atoms with Crippen LogP contribution >= 0.6 is 0 Å². The molecule has 0 spiro atoms. The van der Waals surface area contributed by atoms with E-state index in [-0.39, 0.29) is 11.6 Å². The second-order valence-electron chi connectivity index (χ2n) is 6.88. The Hall–Kier alpha value is -3.15. The van der Waals surface area contributed by atoms with Crippen LogP contribution in [-0.2, 0) is 0 Å². The van der Waals surface area contributed by atoms with Gasteiger partial charge in [-0.3, -0.25) is 4.79 Å². The van der Waals surface area contributed by atoms with Gasteiger partial charge in [0.25, 0.3) is 0 Å². The molecule has 0 atom stereocenters. The third kappa shape index (κ3) is 2.45. The molecule has 2 heterocycles. The Kier molecular flexibility index (Phi) is 3.57. The standard InChI is InChI=1S/C20H19N3O3/c1-10-7-12(8-22-19(10)21)14-5-6-15-17(11(14)2)23(13-3-4-13)9-16(18(15)24)20(25)26/h5-9,13H,3-4H2,1-2H3,(H2,21,22)(H,25,26). The van der Waals surface area contributed by atoms with Gasteiger partial charge in [0.2, 0.25) is 5.43 Å². The normalized spacial score (nSPS) is 13.9. The summed E-state index contributed by atoms with van der Waals surface area (Å²) in [5, 5.41) is 9.82. The van der Waals surface area contributed by atoms with E-state index in [2.05, 4.69) is 4.98 Å². The van der Waals surface area contributed by atoms with Crippen molar-refractivity contribution in [2.45, 2.75) is 32.7 Å². The van der Waals surface area contributed by atoms with Gasteiger partial charge in [-0.2, -0.15) is 0 Å². The van der Waals surface area contributed by atoms with Gasteiger partial charge < -0.3 is 15.4 Å². The maximum absolute atomic E-state index is 12.6. The highest BCUT2D eigenvalue weighted by molar-refractivity contribution is 5.95. The highest BCUT2D eigenvalue weighted by Gasteiger charge is 2.28. The molecule has 6 heteroatoms. The third-order valence-electron chi connectivity index (χ3n) is 5.05. The fourth-order valence-corrected chi connectivity index (χ4v) is 3.46. The van der Waals surface area contributed by atoms with Crippen molar-refractivity contribution in [1.29, 1.82) is 0 Å². The molecule has 0 saturated heterocycles. The first-order chi connectivity index (χ1) is 12.4. The molecule has 0 unspecified atom stereocenters. The van der Waals surface area contributed by atoms with Crippen molar-refractivity contribution in [2.24, 2.45) is 0 Å². The monoisotopic (exact) mass is 349 g/mol. The second kappa shape index (κ2) is 5.69. The average molecular weight is 349 g/mol. The number of nitrogens with two attached hydrogens (primary N) is 1. The lowest BCUT2D eigenvalue weighted by Gasteiger charge is -2.17. The maximum Gasteiger partial charge on any atom is 0.341 e. The number of nitrogen functional groups attached to an aromatic ring is 1. The van der Waals surface area contributed by atoms with Crippen LogP contribution in [0, 0.1) is 13.8 Å². The largest absolute Gasteiger partial charge is 0.477 e. The third-order valence-corrected chi connectivity index (χ3v) is 5.05. The minimum absolute atomic E-state index is 0.179. The molecule has 0 radical (unpaired) electrons. The van der Waals surface area contributed by atoms with E-state index in [1.54, 1.807) is 12.3 Å². The van der Waals surface area contributed by atoms with Crippen LogP contribution < -0.4 is 11.2 Å². The van der Waals surface area contributed by atoms with Crippen LogP contribution in [0.1, 0.15) is 40.4 Å². The predicted molar refractivity (Wildman–Crippen MR) is 101 cm³/mol. The molecule has 0 amide bonds. The number of carboxylic acid groups (broad SMARTS) is 1. The van der Waals surface area contributed by atoms with Gasteiger partial charge in [0.1, 0.15) is 11.4 Å². The number of benzene rings is 1. The predicted octanol–water partition coefficient (Wildman–Crippen LogP) is 3.30. The number of rotatable bonds is 3. The van der Waals surface area contributed by atoms with E-state index in [1.807, 2.05) is 30.5 Å². The smallest absolute Gasteiger partial charge is 0.341 e. The Morgan fingerprint density at radius 1 is 1.31 bits per heavy atom. The molecule has 4 rings (SSSR count). The van der Waals surface area contributed by atoms with E-state index in [9.17, 15) is 14.7 Å². The number of nitrogens with zero attached hydrogens (tertiary/aromatic N) is 2. The number of hydrogen-bond acceptors (Lipinski definition) is 4. The summed E-state index contributed by atoms with van der Waals surface area (Å²) in [6.45, 7) is 3.86. The average Bonchev–Trinajstić information content (AvgIpc) is 3.43. The number of aromatic carboxylic acids is 1. The summed E-state index contributed by atoms with van der Waals surface area (Å²) in [7, 11) is 0. The molecule has 3 aromatic rings. The number of fused-ring (bicyclic) bond motifs is 1. The highest BCUT2D eigenvalue weighted by Crippen LogP contribution is 2.39. The summed E-state index contributed by atoms with van der Waals surface area (Å²) in [5.74, 6) is -0.695. The van der Waals surface area contributed by atoms with Crippen molar-refractivity contribution in [3.8, 4) is 11.1 Å². The SMILES string of the molecule is Cc1cc(-c2ccc3c(=O)c(C(=O)O)cn(C4CC4)c3c2C)cnc1N. The van der Waals surface area contributed by atoms with E-state index in [1.165, 1.54) is 6.20 Å². The summed E-state index contributed by atoms with van der Waals surface area (Å²) < 4.78 is 1.95. The zero-order chi connectivity index (χ0) is 18.6. The van der Waals surface area contributed by atoms with Crippen LogP contribution in [0.4, 0.5) is 5.82 Å². The molecule has 1 saturated carbocycles. The molecule has 1 aromatic carbocycles. The lowest BCUT2D eigenvalue weighted by Crippen LogP contribution is -2.19. The summed E-state index contributed by atoms with van der Waals surface area (Å²) in [6.07, 6.45) is 5.20. The molecule has 1 aliphatic rings. The summed E-state index contributed by atoms with van der Waals surface area (Å²) in [5.41, 5.74) is 9.72. The molecule has 1 fully saturated rings. The number of pyridine rings is 2. The number of carbonyl (C=O) groups is 1. The van der Waals surface area contributed by atoms with Gasteiger partial charge >= 0.3 is 5.97 Å². The van der Waals surface area contributed by atoms with E-state index in [4.69, 9.17) is 5.73 Å². The van der Waals surface area contributed by atoms with E-state index in [0.717, 1.165) is 40.6 Å². The number of carboxylic acids is 1.